The Morgan fingerprint density at radius 1 is 1.31 bits per heavy atom. The Kier molecular flexibility index (Phi) is 3.02. The van der Waals surface area contributed by atoms with Gasteiger partial charge in [0.1, 0.15) is 0 Å². The van der Waals surface area contributed by atoms with Gasteiger partial charge in [0.05, 0.1) is 6.04 Å². The quantitative estimate of drug-likeness (QED) is 0.857. The number of fused-ring (bicyclic) bond motifs is 1. The van der Waals surface area contributed by atoms with Gasteiger partial charge in [-0.05, 0) is 43.3 Å². The van der Waals surface area contributed by atoms with E-state index in [9.17, 15) is 0 Å². The minimum absolute atomic E-state index is 0.184. The van der Waals surface area contributed by atoms with Crippen molar-refractivity contribution >= 4 is 21.4 Å². The van der Waals surface area contributed by atoms with E-state index in [0.717, 1.165) is 0 Å². The summed E-state index contributed by atoms with van der Waals surface area (Å²) in [7, 11) is 1.96. The summed E-state index contributed by atoms with van der Waals surface area (Å²) in [5.41, 5.74) is 7.25. The fourth-order valence-corrected chi connectivity index (χ4v) is 3.14. The molecule has 1 aromatic heterocycles. The lowest BCUT2D eigenvalue weighted by Crippen LogP contribution is -2.45. The van der Waals surface area contributed by atoms with Crippen molar-refractivity contribution in [1.82, 2.24) is 5.32 Å². The number of hydrogen-bond acceptors (Lipinski definition) is 3. The van der Waals surface area contributed by atoms with Gasteiger partial charge in [0, 0.05) is 10.2 Å². The fourth-order valence-electron chi connectivity index (χ4n) is 2.15. The molecule has 1 heterocycles. The molecule has 1 unspecified atom stereocenters. The second-order valence-electron chi connectivity index (χ2n) is 4.73. The van der Waals surface area contributed by atoms with Crippen LogP contribution in [-0.2, 0) is 0 Å². The Morgan fingerprint density at radius 2 is 2.00 bits per heavy atom. The lowest BCUT2D eigenvalue weighted by molar-refractivity contribution is 0.372. The molecule has 2 aromatic rings. The summed E-state index contributed by atoms with van der Waals surface area (Å²) in [6.45, 7) is 4.11. The lowest BCUT2D eigenvalue weighted by Gasteiger charge is -2.30. The average molecular weight is 234 g/mol. The van der Waals surface area contributed by atoms with Gasteiger partial charge in [-0.1, -0.05) is 18.2 Å². The summed E-state index contributed by atoms with van der Waals surface area (Å²) >= 11 is 1.78. The minimum atomic E-state index is -0.265. The van der Waals surface area contributed by atoms with Crippen LogP contribution in [0, 0.1) is 0 Å². The topological polar surface area (TPSA) is 38.0 Å². The molecule has 2 rings (SSSR count). The van der Waals surface area contributed by atoms with Crippen molar-refractivity contribution in [2.45, 2.75) is 25.4 Å². The van der Waals surface area contributed by atoms with Crippen LogP contribution in [0.5, 0.6) is 0 Å². The van der Waals surface area contributed by atoms with Crippen molar-refractivity contribution in [3.8, 4) is 0 Å². The van der Waals surface area contributed by atoms with Crippen molar-refractivity contribution in [3.05, 3.63) is 35.2 Å². The van der Waals surface area contributed by atoms with Crippen LogP contribution in [0.1, 0.15) is 25.5 Å². The standard InChI is InChI=1S/C13H18N2S/c1-13(2,14)12(15-3)10-8-16-11-7-5-4-6-9(10)11/h4-8,12,15H,14H2,1-3H3. The highest BCUT2D eigenvalue weighted by atomic mass is 32.1. The maximum absolute atomic E-state index is 6.21. The smallest absolute Gasteiger partial charge is 0.0509 e. The van der Waals surface area contributed by atoms with Gasteiger partial charge in [-0.3, -0.25) is 0 Å². The molecule has 0 saturated heterocycles. The summed E-state index contributed by atoms with van der Waals surface area (Å²) in [6, 6.07) is 8.65. The highest BCUT2D eigenvalue weighted by Gasteiger charge is 2.27. The van der Waals surface area contributed by atoms with Crippen molar-refractivity contribution in [2.75, 3.05) is 7.05 Å². The van der Waals surface area contributed by atoms with Gasteiger partial charge in [0.2, 0.25) is 0 Å². The Morgan fingerprint density at radius 3 is 2.62 bits per heavy atom. The van der Waals surface area contributed by atoms with Crippen LogP contribution in [0.2, 0.25) is 0 Å². The molecule has 0 amide bonds. The molecule has 1 atom stereocenters. The van der Waals surface area contributed by atoms with Crippen LogP contribution in [0.15, 0.2) is 29.6 Å². The van der Waals surface area contributed by atoms with Crippen LogP contribution >= 0.6 is 11.3 Å². The van der Waals surface area contributed by atoms with Crippen molar-refractivity contribution in [3.63, 3.8) is 0 Å². The molecular formula is C13H18N2S. The number of rotatable bonds is 3. The first-order valence-electron chi connectivity index (χ1n) is 5.46. The zero-order valence-corrected chi connectivity index (χ0v) is 10.8. The number of likely N-dealkylation sites (N-methyl/N-ethyl adjacent to an activating group) is 1. The normalized spacial score (nSPS) is 14.2. The van der Waals surface area contributed by atoms with Gasteiger partial charge in [-0.25, -0.2) is 0 Å². The first kappa shape index (κ1) is 11.6. The monoisotopic (exact) mass is 234 g/mol. The van der Waals surface area contributed by atoms with E-state index in [0.29, 0.717) is 0 Å². The Balaban J connectivity index is 2.54. The second-order valence-corrected chi connectivity index (χ2v) is 5.64. The molecule has 0 spiro atoms. The van der Waals surface area contributed by atoms with Gasteiger partial charge in [0.25, 0.3) is 0 Å². The maximum atomic E-state index is 6.21. The first-order chi connectivity index (χ1) is 7.54. The first-order valence-corrected chi connectivity index (χ1v) is 6.34. The van der Waals surface area contributed by atoms with Crippen molar-refractivity contribution < 1.29 is 0 Å². The third-order valence-electron chi connectivity index (χ3n) is 2.85. The van der Waals surface area contributed by atoms with Crippen molar-refractivity contribution in [2.24, 2.45) is 5.73 Å². The van der Waals surface area contributed by atoms with Crippen LogP contribution in [0.3, 0.4) is 0 Å². The van der Waals surface area contributed by atoms with Crippen LogP contribution in [0.25, 0.3) is 10.1 Å². The molecule has 1 aromatic carbocycles. The number of nitrogens with two attached hydrogens (primary N) is 1. The molecule has 2 nitrogen and oxygen atoms in total. The van der Waals surface area contributed by atoms with E-state index in [1.165, 1.54) is 15.6 Å². The molecular weight excluding hydrogens is 216 g/mol. The molecule has 0 aliphatic heterocycles. The molecule has 16 heavy (non-hydrogen) atoms. The molecule has 3 N–H and O–H groups in total. The highest BCUT2D eigenvalue weighted by molar-refractivity contribution is 7.17. The molecule has 0 bridgehead atoms. The van der Waals surface area contributed by atoms with Gasteiger partial charge in [-0.2, -0.15) is 0 Å². The number of benzene rings is 1. The Labute approximate surface area is 100 Å². The Bertz CT molecular complexity index is 482. The van der Waals surface area contributed by atoms with Crippen LogP contribution in [0.4, 0.5) is 0 Å². The number of nitrogens with one attached hydrogen (secondary N) is 1. The summed E-state index contributed by atoms with van der Waals surface area (Å²) < 4.78 is 1.32. The van der Waals surface area contributed by atoms with Gasteiger partial charge in [0.15, 0.2) is 0 Å². The Hall–Kier alpha value is -0.900. The second kappa shape index (κ2) is 4.17. The van der Waals surface area contributed by atoms with E-state index >= 15 is 0 Å². The van der Waals surface area contributed by atoms with E-state index in [1.54, 1.807) is 11.3 Å². The fraction of sp³-hybridized carbons (Fsp3) is 0.385. The maximum Gasteiger partial charge on any atom is 0.0509 e. The van der Waals surface area contributed by atoms with Gasteiger partial charge in [-0.15, -0.1) is 11.3 Å². The highest BCUT2D eigenvalue weighted by Crippen LogP contribution is 2.33. The number of hydrogen-bond donors (Lipinski definition) is 2. The molecule has 3 heteroatoms. The zero-order valence-electron chi connectivity index (χ0n) is 9.95. The summed E-state index contributed by atoms with van der Waals surface area (Å²) in [4.78, 5) is 0. The van der Waals surface area contributed by atoms with E-state index in [1.807, 2.05) is 7.05 Å². The van der Waals surface area contributed by atoms with Crippen LogP contribution in [-0.4, -0.2) is 12.6 Å². The number of thiophene rings is 1. The van der Waals surface area contributed by atoms with E-state index in [-0.39, 0.29) is 11.6 Å². The third kappa shape index (κ3) is 1.98. The molecule has 0 aliphatic rings. The molecule has 0 aliphatic carbocycles. The molecule has 0 saturated carbocycles. The molecule has 0 radical (unpaired) electrons. The minimum Gasteiger partial charge on any atom is -0.324 e. The van der Waals surface area contributed by atoms with Gasteiger partial charge < -0.3 is 11.1 Å². The summed E-state index contributed by atoms with van der Waals surface area (Å²) in [5.74, 6) is 0. The van der Waals surface area contributed by atoms with Gasteiger partial charge >= 0.3 is 0 Å². The summed E-state index contributed by atoms with van der Waals surface area (Å²) in [6.07, 6.45) is 0. The third-order valence-corrected chi connectivity index (χ3v) is 3.84. The van der Waals surface area contributed by atoms with E-state index in [4.69, 9.17) is 5.73 Å². The predicted octanol–water partition coefficient (Wildman–Crippen LogP) is 2.90. The molecule has 0 fully saturated rings. The summed E-state index contributed by atoms with van der Waals surface area (Å²) in [5, 5.41) is 6.84. The molecule has 86 valence electrons. The van der Waals surface area contributed by atoms with Crippen molar-refractivity contribution in [1.29, 1.82) is 0 Å². The predicted molar refractivity (Wildman–Crippen MR) is 71.9 cm³/mol. The van der Waals surface area contributed by atoms with Crippen LogP contribution < -0.4 is 11.1 Å². The van der Waals surface area contributed by atoms with E-state index < -0.39 is 0 Å². The largest absolute Gasteiger partial charge is 0.324 e. The zero-order chi connectivity index (χ0) is 11.8. The lowest BCUT2D eigenvalue weighted by atomic mass is 9.89. The van der Waals surface area contributed by atoms with E-state index in [2.05, 4.69) is 48.8 Å². The SMILES string of the molecule is CNC(c1csc2ccccc12)C(C)(C)N. The average Bonchev–Trinajstić information content (AvgIpc) is 2.61.